The monoisotopic (exact) mass is 742 g/mol. The maximum Gasteiger partial charge on any atom is 0.182 e. The Kier molecular flexibility index (Phi) is 10.8. The Labute approximate surface area is 312 Å². The molecule has 3 aliphatic heterocycles. The molecule has 9 heteroatoms. The van der Waals surface area contributed by atoms with Crippen LogP contribution in [-0.4, -0.2) is 51.8 Å². The van der Waals surface area contributed by atoms with E-state index >= 15 is 0 Å². The third kappa shape index (κ3) is 6.97. The first-order valence-electron chi connectivity index (χ1n) is 18.6. The quantitative estimate of drug-likeness (QED) is 0.0977. The summed E-state index contributed by atoms with van der Waals surface area (Å²) in [4.78, 5) is 0. The van der Waals surface area contributed by atoms with Crippen LogP contribution in [0.5, 0.6) is 40.2 Å². The highest BCUT2D eigenvalue weighted by Crippen LogP contribution is 2.47. The number of benzene rings is 4. The van der Waals surface area contributed by atoms with E-state index in [0.29, 0.717) is 0 Å². The van der Waals surface area contributed by atoms with E-state index in [1.807, 2.05) is 0 Å². The van der Waals surface area contributed by atoms with E-state index in [1.165, 1.54) is 36.7 Å². The van der Waals surface area contributed by atoms with Crippen molar-refractivity contribution >= 4 is 52.7 Å². The van der Waals surface area contributed by atoms with E-state index in [1.54, 1.807) is 7.11 Å². The standard InChI is InChI=1S/C43H55O7PSi/c1-24(2)45-32-18-38-41(21-35(32)48-27(7)8)52(31-16-14-30(44-13)15-17-31)42-22-36(49-28(9)10)33(46-25(3)4)19-39(42)51(38)40-20-34(47-26(5)6)37(23-43(40)52)50-29(11)12/h14-29H,1-13H3. The molecule has 0 saturated carbocycles. The van der Waals surface area contributed by atoms with Crippen LogP contribution in [0.1, 0.15) is 83.1 Å². The smallest absolute Gasteiger partial charge is 0.182 e. The average molecular weight is 743 g/mol. The Hall–Kier alpha value is -3.87. The van der Waals surface area contributed by atoms with Crippen molar-refractivity contribution in [3.05, 3.63) is 60.7 Å². The minimum Gasteiger partial charge on any atom is -0.497 e. The molecule has 7 rings (SSSR count). The molecule has 0 aliphatic carbocycles. The van der Waals surface area contributed by atoms with E-state index in [2.05, 4.69) is 144 Å². The van der Waals surface area contributed by atoms with E-state index in [0.717, 1.165) is 40.2 Å². The highest BCUT2D eigenvalue weighted by molar-refractivity contribution is 7.83. The van der Waals surface area contributed by atoms with Crippen molar-refractivity contribution in [3.8, 4) is 40.2 Å². The van der Waals surface area contributed by atoms with Gasteiger partial charge in [-0.05, 0) is 176 Å². The van der Waals surface area contributed by atoms with Gasteiger partial charge in [-0.1, -0.05) is 12.1 Å². The number of ether oxygens (including phenoxy) is 7. The van der Waals surface area contributed by atoms with Gasteiger partial charge >= 0.3 is 0 Å². The summed E-state index contributed by atoms with van der Waals surface area (Å²) in [6.07, 6.45) is -0.214. The fourth-order valence-electron chi connectivity index (χ4n) is 7.31. The summed E-state index contributed by atoms with van der Waals surface area (Å²) in [5.41, 5.74) is 0. The molecule has 0 atom stereocenters. The lowest BCUT2D eigenvalue weighted by atomic mass is 10.2. The van der Waals surface area contributed by atoms with Crippen LogP contribution in [0, 0.1) is 0 Å². The molecule has 0 fully saturated rings. The van der Waals surface area contributed by atoms with Gasteiger partial charge in [0.15, 0.2) is 42.6 Å². The lowest BCUT2D eigenvalue weighted by Crippen LogP contribution is -2.86. The first kappa shape index (κ1) is 37.9. The predicted octanol–water partition coefficient (Wildman–Crippen LogP) is 6.18. The van der Waals surface area contributed by atoms with Crippen LogP contribution in [0.15, 0.2) is 60.7 Å². The molecule has 4 aromatic rings. The van der Waals surface area contributed by atoms with Crippen LogP contribution < -0.4 is 69.8 Å². The zero-order valence-electron chi connectivity index (χ0n) is 33.0. The minimum atomic E-state index is -3.15. The Morgan fingerprint density at radius 2 is 0.673 bits per heavy atom. The first-order valence-corrected chi connectivity index (χ1v) is 22.0. The molecule has 0 N–H and O–H groups in total. The molecule has 0 amide bonds. The summed E-state index contributed by atoms with van der Waals surface area (Å²) in [5.74, 6) is 5.36. The number of methoxy groups -OCH3 is 1. The van der Waals surface area contributed by atoms with Crippen molar-refractivity contribution < 1.29 is 33.2 Å². The molecular formula is C43H55O7PSi. The van der Waals surface area contributed by atoms with E-state index in [9.17, 15) is 0 Å². The van der Waals surface area contributed by atoms with Gasteiger partial charge in [0.2, 0.25) is 0 Å². The molecule has 52 heavy (non-hydrogen) atoms. The van der Waals surface area contributed by atoms with Crippen LogP contribution in [-0.2, 0) is 0 Å². The Balaban J connectivity index is 1.81. The second kappa shape index (κ2) is 14.9. The van der Waals surface area contributed by atoms with Crippen LogP contribution in [0.4, 0.5) is 0 Å². The van der Waals surface area contributed by atoms with Gasteiger partial charge in [-0.3, -0.25) is 0 Å². The summed E-state index contributed by atoms with van der Waals surface area (Å²) >= 11 is 0. The molecule has 0 unspecified atom stereocenters. The van der Waals surface area contributed by atoms with E-state index < -0.39 is 16.0 Å². The molecule has 3 heterocycles. The van der Waals surface area contributed by atoms with Crippen molar-refractivity contribution in [2.75, 3.05) is 7.11 Å². The Bertz CT molecular complexity index is 1730. The van der Waals surface area contributed by atoms with Gasteiger partial charge in [-0.15, -0.1) is 0 Å². The number of hydrogen-bond acceptors (Lipinski definition) is 7. The van der Waals surface area contributed by atoms with Crippen molar-refractivity contribution in [1.29, 1.82) is 0 Å². The number of hydrogen-bond donors (Lipinski definition) is 0. The minimum absolute atomic E-state index is 0.0305. The lowest BCUT2D eigenvalue weighted by molar-refractivity contribution is 0.199. The largest absolute Gasteiger partial charge is 0.497 e. The van der Waals surface area contributed by atoms with Gasteiger partial charge in [0.1, 0.15) is 5.75 Å². The molecule has 4 aromatic carbocycles. The number of rotatable bonds is 14. The second-order valence-corrected chi connectivity index (χ2v) is 21.1. The third-order valence-electron chi connectivity index (χ3n) is 8.82. The van der Waals surface area contributed by atoms with Gasteiger partial charge in [-0.25, -0.2) is 0 Å². The zero-order valence-corrected chi connectivity index (χ0v) is 34.9. The topological polar surface area (TPSA) is 64.6 Å². The lowest BCUT2D eigenvalue weighted by Gasteiger charge is -2.50. The fraction of sp³-hybridized carbons (Fsp3) is 0.442. The molecule has 278 valence electrons. The molecular weight excluding hydrogens is 688 g/mol. The summed E-state index contributed by atoms with van der Waals surface area (Å²) < 4.78 is 45.1. The highest BCUT2D eigenvalue weighted by Gasteiger charge is 2.56. The van der Waals surface area contributed by atoms with Crippen molar-refractivity contribution in [2.45, 2.75) is 120 Å². The van der Waals surface area contributed by atoms with Gasteiger partial charge in [-0.2, -0.15) is 0 Å². The third-order valence-corrected chi connectivity index (χ3v) is 16.9. The van der Waals surface area contributed by atoms with E-state index in [4.69, 9.17) is 33.2 Å². The van der Waals surface area contributed by atoms with Gasteiger partial charge in [0, 0.05) is 0 Å². The average Bonchev–Trinajstić information content (AvgIpc) is 3.04. The molecule has 2 bridgehead atoms. The molecule has 3 aliphatic rings. The van der Waals surface area contributed by atoms with Crippen LogP contribution in [0.25, 0.3) is 0 Å². The summed E-state index contributed by atoms with van der Waals surface area (Å²) in [7, 11) is -2.54. The molecule has 7 nitrogen and oxygen atoms in total. The van der Waals surface area contributed by atoms with Gasteiger partial charge in [0.25, 0.3) is 0 Å². The Morgan fingerprint density at radius 3 is 0.923 bits per heavy atom. The van der Waals surface area contributed by atoms with Crippen LogP contribution in [0.2, 0.25) is 0 Å². The maximum absolute atomic E-state index is 6.59. The highest BCUT2D eigenvalue weighted by atomic mass is 31.1. The summed E-state index contributed by atoms with van der Waals surface area (Å²) in [6, 6.07) is 22.3. The van der Waals surface area contributed by atoms with Gasteiger partial charge in [0.05, 0.1) is 43.7 Å². The van der Waals surface area contributed by atoms with Crippen molar-refractivity contribution in [2.24, 2.45) is 0 Å². The first-order chi connectivity index (χ1) is 24.6. The summed E-state index contributed by atoms with van der Waals surface area (Å²) in [5, 5.41) is 8.89. The Morgan fingerprint density at radius 1 is 0.404 bits per heavy atom. The van der Waals surface area contributed by atoms with Crippen molar-refractivity contribution in [1.82, 2.24) is 0 Å². The molecule has 0 saturated heterocycles. The fourth-order valence-corrected chi connectivity index (χ4v) is 17.1. The zero-order chi connectivity index (χ0) is 37.6. The maximum atomic E-state index is 6.59. The van der Waals surface area contributed by atoms with E-state index in [-0.39, 0.29) is 36.6 Å². The van der Waals surface area contributed by atoms with Crippen LogP contribution >= 0.6 is 7.92 Å². The SMILES string of the molecule is COc1ccc([Si]23c4cc(OC(C)C)c(OC(C)C)cc4P(c4cc(OC(C)C)c(OC(C)C)cc42)c2cc(OC(C)C)c(OC(C)C)cc23)cc1. The van der Waals surface area contributed by atoms with Crippen molar-refractivity contribution in [3.63, 3.8) is 0 Å². The van der Waals surface area contributed by atoms with Gasteiger partial charge < -0.3 is 33.2 Å². The second-order valence-electron chi connectivity index (χ2n) is 15.3. The molecule has 0 radical (unpaired) electrons. The van der Waals surface area contributed by atoms with Crippen LogP contribution in [0.3, 0.4) is 0 Å². The predicted molar refractivity (Wildman–Crippen MR) is 217 cm³/mol. The summed E-state index contributed by atoms with van der Waals surface area (Å²) in [6.45, 7) is 24.7. The molecule has 0 spiro atoms. The molecule has 0 aromatic heterocycles. The normalized spacial score (nSPS) is 17.1.